The number of hydrogen-bond donors (Lipinski definition) is 1. The molecule has 0 unspecified atom stereocenters. The van der Waals surface area contributed by atoms with Crippen LogP contribution in [0, 0.1) is 19.8 Å². The fourth-order valence-corrected chi connectivity index (χ4v) is 2.98. The molecule has 2 rings (SSSR count). The minimum Gasteiger partial charge on any atom is -0.381 e. The van der Waals surface area contributed by atoms with Crippen LogP contribution in [-0.2, 0) is 11.3 Å². The molecule has 0 radical (unpaired) electrons. The first-order chi connectivity index (χ1) is 7.75. The number of rotatable bonds is 4. The highest BCUT2D eigenvalue weighted by Crippen LogP contribution is 2.17. The molecule has 16 heavy (non-hydrogen) atoms. The summed E-state index contributed by atoms with van der Waals surface area (Å²) in [6.07, 6.45) is 2.40. The molecule has 1 N–H and O–H groups in total. The van der Waals surface area contributed by atoms with Gasteiger partial charge in [-0.15, -0.1) is 11.3 Å². The highest BCUT2D eigenvalue weighted by atomic mass is 32.1. The molecule has 4 heteroatoms. The van der Waals surface area contributed by atoms with E-state index in [-0.39, 0.29) is 0 Å². The summed E-state index contributed by atoms with van der Waals surface area (Å²) in [6, 6.07) is 0. The third-order valence-electron chi connectivity index (χ3n) is 3.06. The number of aromatic nitrogens is 1. The molecule has 90 valence electrons. The van der Waals surface area contributed by atoms with E-state index >= 15 is 0 Å². The highest BCUT2D eigenvalue weighted by molar-refractivity contribution is 7.11. The molecule has 0 atom stereocenters. The summed E-state index contributed by atoms with van der Waals surface area (Å²) in [5.74, 6) is 0.795. The summed E-state index contributed by atoms with van der Waals surface area (Å²) in [7, 11) is 0. The second-order valence-corrected chi connectivity index (χ2v) is 5.72. The van der Waals surface area contributed by atoms with E-state index in [0.29, 0.717) is 0 Å². The molecule has 1 saturated heterocycles. The van der Waals surface area contributed by atoms with E-state index in [1.165, 1.54) is 28.4 Å². The topological polar surface area (TPSA) is 34.2 Å². The quantitative estimate of drug-likeness (QED) is 0.876. The van der Waals surface area contributed by atoms with Crippen LogP contribution in [0.4, 0.5) is 0 Å². The average Bonchev–Trinajstić information content (AvgIpc) is 2.59. The van der Waals surface area contributed by atoms with Gasteiger partial charge >= 0.3 is 0 Å². The molecule has 1 aliphatic rings. The first kappa shape index (κ1) is 12.0. The predicted octanol–water partition coefficient (Wildman–Crippen LogP) is 2.28. The van der Waals surface area contributed by atoms with E-state index in [4.69, 9.17) is 4.74 Å². The Labute approximate surface area is 101 Å². The number of thiazole rings is 1. The maximum atomic E-state index is 5.35. The monoisotopic (exact) mass is 240 g/mol. The molecule has 0 amide bonds. The SMILES string of the molecule is Cc1nc(C)c(CNCC2CCOCC2)s1. The Morgan fingerprint density at radius 2 is 2.12 bits per heavy atom. The Balaban J connectivity index is 1.73. The zero-order valence-corrected chi connectivity index (χ0v) is 10.9. The number of nitrogens with zero attached hydrogens (tertiary/aromatic N) is 1. The molecule has 0 saturated carbocycles. The molecule has 0 spiro atoms. The van der Waals surface area contributed by atoms with Crippen molar-refractivity contribution in [2.75, 3.05) is 19.8 Å². The Morgan fingerprint density at radius 3 is 2.75 bits per heavy atom. The van der Waals surface area contributed by atoms with Crippen molar-refractivity contribution < 1.29 is 4.74 Å². The lowest BCUT2D eigenvalue weighted by atomic mass is 10.0. The molecular weight excluding hydrogens is 220 g/mol. The number of nitrogens with one attached hydrogen (secondary N) is 1. The van der Waals surface area contributed by atoms with Gasteiger partial charge in [-0.25, -0.2) is 4.98 Å². The predicted molar refractivity (Wildman–Crippen MR) is 66.8 cm³/mol. The van der Waals surface area contributed by atoms with Crippen LogP contribution in [0.5, 0.6) is 0 Å². The van der Waals surface area contributed by atoms with Gasteiger partial charge in [0.05, 0.1) is 10.7 Å². The molecule has 1 fully saturated rings. The van der Waals surface area contributed by atoms with Gasteiger partial charge in [0.1, 0.15) is 0 Å². The molecule has 1 aromatic rings. The normalized spacial score (nSPS) is 17.9. The summed E-state index contributed by atoms with van der Waals surface area (Å²) < 4.78 is 5.35. The van der Waals surface area contributed by atoms with Crippen molar-refractivity contribution in [2.24, 2.45) is 5.92 Å². The number of aryl methyl sites for hydroxylation is 2. The van der Waals surface area contributed by atoms with Crippen LogP contribution in [0.2, 0.25) is 0 Å². The maximum absolute atomic E-state index is 5.35. The summed E-state index contributed by atoms with van der Waals surface area (Å²) in [5.41, 5.74) is 1.18. The third kappa shape index (κ3) is 3.27. The van der Waals surface area contributed by atoms with E-state index in [1.807, 2.05) is 0 Å². The Hall–Kier alpha value is -0.450. The van der Waals surface area contributed by atoms with Crippen molar-refractivity contribution in [3.05, 3.63) is 15.6 Å². The molecule has 0 aliphatic carbocycles. The van der Waals surface area contributed by atoms with Crippen molar-refractivity contribution >= 4 is 11.3 Å². The van der Waals surface area contributed by atoms with Crippen LogP contribution in [0.1, 0.15) is 28.4 Å². The average molecular weight is 240 g/mol. The van der Waals surface area contributed by atoms with Crippen molar-refractivity contribution in [3.63, 3.8) is 0 Å². The van der Waals surface area contributed by atoms with Gasteiger partial charge in [-0.3, -0.25) is 0 Å². The van der Waals surface area contributed by atoms with Crippen LogP contribution < -0.4 is 5.32 Å². The lowest BCUT2D eigenvalue weighted by Gasteiger charge is -2.22. The lowest BCUT2D eigenvalue weighted by molar-refractivity contribution is 0.0662. The maximum Gasteiger partial charge on any atom is 0.0900 e. The standard InChI is InChI=1S/C12H20N2OS/c1-9-12(16-10(2)14-9)8-13-7-11-3-5-15-6-4-11/h11,13H,3-8H2,1-2H3. The summed E-state index contributed by atoms with van der Waals surface area (Å²) >= 11 is 1.80. The van der Waals surface area contributed by atoms with E-state index in [1.54, 1.807) is 11.3 Å². The van der Waals surface area contributed by atoms with Gasteiger partial charge in [0.15, 0.2) is 0 Å². The molecule has 1 aromatic heterocycles. The van der Waals surface area contributed by atoms with Crippen molar-refractivity contribution in [3.8, 4) is 0 Å². The fourth-order valence-electron chi connectivity index (χ4n) is 2.08. The van der Waals surface area contributed by atoms with Crippen molar-refractivity contribution in [2.45, 2.75) is 33.2 Å². The first-order valence-electron chi connectivity index (χ1n) is 5.97. The first-order valence-corrected chi connectivity index (χ1v) is 6.78. The van der Waals surface area contributed by atoms with Crippen LogP contribution in [0.15, 0.2) is 0 Å². The van der Waals surface area contributed by atoms with Gasteiger partial charge in [0.2, 0.25) is 0 Å². The van der Waals surface area contributed by atoms with Gasteiger partial charge in [-0.05, 0) is 39.2 Å². The molecule has 0 bridgehead atoms. The number of ether oxygens (including phenoxy) is 1. The second kappa shape index (κ2) is 5.75. The minimum absolute atomic E-state index is 0.795. The molecule has 1 aliphatic heterocycles. The van der Waals surface area contributed by atoms with E-state index in [2.05, 4.69) is 24.1 Å². The molecule has 2 heterocycles. The minimum atomic E-state index is 0.795. The smallest absolute Gasteiger partial charge is 0.0900 e. The van der Waals surface area contributed by atoms with Gasteiger partial charge in [-0.1, -0.05) is 0 Å². The number of hydrogen-bond acceptors (Lipinski definition) is 4. The summed E-state index contributed by atoms with van der Waals surface area (Å²) in [6.45, 7) is 8.11. The molecule has 3 nitrogen and oxygen atoms in total. The third-order valence-corrected chi connectivity index (χ3v) is 4.13. The lowest BCUT2D eigenvalue weighted by Crippen LogP contribution is -2.27. The summed E-state index contributed by atoms with van der Waals surface area (Å²) in [4.78, 5) is 5.81. The molecular formula is C12H20N2OS. The van der Waals surface area contributed by atoms with Gasteiger partial charge in [0.25, 0.3) is 0 Å². The van der Waals surface area contributed by atoms with Gasteiger partial charge < -0.3 is 10.1 Å². The second-order valence-electron chi connectivity index (χ2n) is 4.43. The Morgan fingerprint density at radius 1 is 1.38 bits per heavy atom. The zero-order valence-electron chi connectivity index (χ0n) is 10.1. The van der Waals surface area contributed by atoms with Crippen LogP contribution in [-0.4, -0.2) is 24.7 Å². The molecule has 0 aromatic carbocycles. The van der Waals surface area contributed by atoms with Gasteiger partial charge in [-0.2, -0.15) is 0 Å². The van der Waals surface area contributed by atoms with Crippen molar-refractivity contribution in [1.82, 2.24) is 10.3 Å². The van der Waals surface area contributed by atoms with Crippen LogP contribution in [0.25, 0.3) is 0 Å². The fraction of sp³-hybridized carbons (Fsp3) is 0.750. The Bertz CT molecular complexity index is 332. The zero-order chi connectivity index (χ0) is 11.4. The Kier molecular flexibility index (Phi) is 4.32. The van der Waals surface area contributed by atoms with Crippen molar-refractivity contribution in [1.29, 1.82) is 0 Å². The van der Waals surface area contributed by atoms with Crippen LogP contribution >= 0.6 is 11.3 Å². The van der Waals surface area contributed by atoms with E-state index in [9.17, 15) is 0 Å². The highest BCUT2D eigenvalue weighted by Gasteiger charge is 2.13. The van der Waals surface area contributed by atoms with Crippen LogP contribution in [0.3, 0.4) is 0 Å². The van der Waals surface area contributed by atoms with E-state index < -0.39 is 0 Å². The largest absolute Gasteiger partial charge is 0.381 e. The van der Waals surface area contributed by atoms with E-state index in [0.717, 1.165) is 32.2 Å². The summed E-state index contributed by atoms with van der Waals surface area (Å²) in [5, 5.41) is 4.71. The van der Waals surface area contributed by atoms with Gasteiger partial charge in [0, 0.05) is 24.6 Å².